The second-order valence-corrected chi connectivity index (χ2v) is 10.1. The van der Waals surface area contributed by atoms with Crippen molar-refractivity contribution in [2.45, 2.75) is 51.2 Å². The molecule has 1 aromatic heterocycles. The topological polar surface area (TPSA) is 61.1 Å². The number of amides is 1. The quantitative estimate of drug-likeness (QED) is 0.332. The smallest absolute Gasteiger partial charge is 0.289 e. The van der Waals surface area contributed by atoms with Gasteiger partial charge in [-0.2, -0.15) is 0 Å². The van der Waals surface area contributed by atoms with Crippen molar-refractivity contribution in [1.29, 1.82) is 0 Å². The largest absolute Gasteiger partial charge is 0.497 e. The molecule has 1 fully saturated rings. The van der Waals surface area contributed by atoms with E-state index in [1.807, 2.05) is 41.3 Å². The van der Waals surface area contributed by atoms with E-state index in [1.54, 1.807) is 32.6 Å². The monoisotopic (exact) mass is 491 g/mol. The zero-order chi connectivity index (χ0) is 25.5. The fraction of sp³-hybridized carbons (Fsp3) is 0.433. The summed E-state index contributed by atoms with van der Waals surface area (Å²) in [6, 6.07) is 19.7. The Morgan fingerprint density at radius 1 is 1.03 bits per heavy atom. The van der Waals surface area contributed by atoms with Crippen LogP contribution in [0.1, 0.15) is 60.7 Å². The lowest BCUT2D eigenvalue weighted by molar-refractivity contribution is -0.0774. The number of furan rings is 1. The Balaban J connectivity index is 1.57. The van der Waals surface area contributed by atoms with Gasteiger partial charge in [0.05, 0.1) is 26.1 Å². The van der Waals surface area contributed by atoms with E-state index in [0.717, 1.165) is 42.9 Å². The Hall–Kier alpha value is -3.25. The summed E-state index contributed by atoms with van der Waals surface area (Å²) >= 11 is 0. The minimum Gasteiger partial charge on any atom is -0.497 e. The van der Waals surface area contributed by atoms with Crippen LogP contribution in [-0.2, 0) is 11.3 Å². The number of methoxy groups -OCH3 is 2. The number of carbonyl (C=O) groups is 1. The molecule has 0 radical (unpaired) electrons. The normalized spacial score (nSPS) is 17.8. The molecule has 2 aromatic carbocycles. The molecule has 36 heavy (non-hydrogen) atoms. The molecule has 0 unspecified atom stereocenters. The van der Waals surface area contributed by atoms with Crippen LogP contribution in [0.3, 0.4) is 0 Å². The second-order valence-electron chi connectivity index (χ2n) is 10.1. The Kier molecular flexibility index (Phi) is 8.36. The van der Waals surface area contributed by atoms with Gasteiger partial charge in [0.25, 0.3) is 5.91 Å². The van der Waals surface area contributed by atoms with Gasteiger partial charge in [-0.15, -0.1) is 0 Å². The first-order chi connectivity index (χ1) is 17.4. The third-order valence-electron chi connectivity index (χ3n) is 7.11. The van der Waals surface area contributed by atoms with Crippen LogP contribution < -0.4 is 9.47 Å². The molecule has 6 heteroatoms. The molecule has 4 rings (SSSR count). The first-order valence-corrected chi connectivity index (χ1v) is 12.6. The number of hydrogen-bond acceptors (Lipinski definition) is 5. The highest BCUT2D eigenvalue weighted by atomic mass is 16.5. The molecular weight excluding hydrogens is 454 g/mol. The van der Waals surface area contributed by atoms with E-state index in [4.69, 9.17) is 18.6 Å². The number of nitrogens with zero attached hydrogens (tertiary/aromatic N) is 1. The van der Waals surface area contributed by atoms with Crippen molar-refractivity contribution in [1.82, 2.24) is 4.90 Å². The molecule has 0 bridgehead atoms. The summed E-state index contributed by atoms with van der Waals surface area (Å²) in [5, 5.41) is 0. The maximum atomic E-state index is 13.4. The molecule has 0 aliphatic carbocycles. The van der Waals surface area contributed by atoms with Gasteiger partial charge in [0.15, 0.2) is 5.76 Å². The Morgan fingerprint density at radius 2 is 1.69 bits per heavy atom. The van der Waals surface area contributed by atoms with Gasteiger partial charge in [-0.25, -0.2) is 0 Å². The SMILES string of the molecule is COc1ccc(CN(CC[C@@H](c2ccc(OC)cc2)[C@@H]2CCOC(C)(C)C2)C(=O)c2ccco2)cc1. The van der Waals surface area contributed by atoms with Gasteiger partial charge >= 0.3 is 0 Å². The third kappa shape index (κ3) is 6.49. The summed E-state index contributed by atoms with van der Waals surface area (Å²) in [7, 11) is 3.34. The average molecular weight is 492 g/mol. The van der Waals surface area contributed by atoms with Crippen LogP contribution >= 0.6 is 0 Å². The Bertz CT molecular complexity index is 1090. The number of hydrogen-bond donors (Lipinski definition) is 0. The van der Waals surface area contributed by atoms with E-state index in [-0.39, 0.29) is 11.5 Å². The molecule has 3 aromatic rings. The molecule has 2 atom stereocenters. The van der Waals surface area contributed by atoms with E-state index in [1.165, 1.54) is 5.56 Å². The molecule has 1 amide bonds. The number of ether oxygens (including phenoxy) is 3. The Labute approximate surface area is 214 Å². The van der Waals surface area contributed by atoms with E-state index >= 15 is 0 Å². The number of benzene rings is 2. The summed E-state index contributed by atoms with van der Waals surface area (Å²) in [5.74, 6) is 2.65. The highest BCUT2D eigenvalue weighted by molar-refractivity contribution is 5.91. The Morgan fingerprint density at radius 3 is 2.28 bits per heavy atom. The van der Waals surface area contributed by atoms with Crippen molar-refractivity contribution in [3.63, 3.8) is 0 Å². The highest BCUT2D eigenvalue weighted by Crippen LogP contribution is 2.40. The zero-order valence-corrected chi connectivity index (χ0v) is 21.7. The van der Waals surface area contributed by atoms with E-state index < -0.39 is 0 Å². The lowest BCUT2D eigenvalue weighted by Gasteiger charge is -2.40. The fourth-order valence-electron chi connectivity index (χ4n) is 5.20. The van der Waals surface area contributed by atoms with Crippen molar-refractivity contribution in [2.75, 3.05) is 27.4 Å². The first-order valence-electron chi connectivity index (χ1n) is 12.6. The van der Waals surface area contributed by atoms with Crippen molar-refractivity contribution >= 4 is 5.91 Å². The molecular formula is C30H37NO5. The van der Waals surface area contributed by atoms with Gasteiger partial charge < -0.3 is 23.5 Å². The maximum Gasteiger partial charge on any atom is 0.289 e. The summed E-state index contributed by atoms with van der Waals surface area (Å²) < 4.78 is 22.2. The lowest BCUT2D eigenvalue weighted by atomic mass is 9.75. The van der Waals surface area contributed by atoms with Crippen LogP contribution in [-0.4, -0.2) is 43.8 Å². The van der Waals surface area contributed by atoms with Gasteiger partial charge in [-0.3, -0.25) is 4.79 Å². The molecule has 2 heterocycles. The highest BCUT2D eigenvalue weighted by Gasteiger charge is 2.34. The molecule has 0 spiro atoms. The van der Waals surface area contributed by atoms with Gasteiger partial charge in [-0.1, -0.05) is 24.3 Å². The van der Waals surface area contributed by atoms with Crippen molar-refractivity contribution in [3.05, 3.63) is 83.8 Å². The van der Waals surface area contributed by atoms with Crippen LogP contribution in [0.15, 0.2) is 71.3 Å². The lowest BCUT2D eigenvalue weighted by Crippen LogP contribution is -2.38. The molecule has 192 valence electrons. The van der Waals surface area contributed by atoms with Crippen LogP contribution in [0.5, 0.6) is 11.5 Å². The molecule has 1 saturated heterocycles. The van der Waals surface area contributed by atoms with Crippen LogP contribution in [0.25, 0.3) is 0 Å². The van der Waals surface area contributed by atoms with Crippen molar-refractivity contribution in [3.8, 4) is 11.5 Å². The van der Waals surface area contributed by atoms with Gasteiger partial charge in [0.2, 0.25) is 0 Å². The summed E-state index contributed by atoms with van der Waals surface area (Å²) in [5.41, 5.74) is 2.16. The van der Waals surface area contributed by atoms with Crippen molar-refractivity contribution in [2.24, 2.45) is 5.92 Å². The molecule has 0 saturated carbocycles. The first kappa shape index (κ1) is 25.8. The predicted molar refractivity (Wildman–Crippen MR) is 140 cm³/mol. The second kappa shape index (κ2) is 11.7. The maximum absolute atomic E-state index is 13.4. The number of rotatable bonds is 10. The number of carbonyl (C=O) groups excluding carboxylic acids is 1. The average Bonchev–Trinajstić information content (AvgIpc) is 3.43. The van der Waals surface area contributed by atoms with Crippen molar-refractivity contribution < 1.29 is 23.4 Å². The third-order valence-corrected chi connectivity index (χ3v) is 7.11. The van der Waals surface area contributed by atoms with Gasteiger partial charge in [0, 0.05) is 19.7 Å². The molecule has 0 N–H and O–H groups in total. The summed E-state index contributed by atoms with van der Waals surface area (Å²) in [6.07, 6.45) is 4.37. The summed E-state index contributed by atoms with van der Waals surface area (Å²) in [4.78, 5) is 15.3. The van der Waals surface area contributed by atoms with E-state index in [9.17, 15) is 4.79 Å². The zero-order valence-electron chi connectivity index (χ0n) is 21.7. The minimum atomic E-state index is -0.152. The van der Waals surface area contributed by atoms with E-state index in [0.29, 0.717) is 30.7 Å². The van der Waals surface area contributed by atoms with Crippen LogP contribution in [0.4, 0.5) is 0 Å². The predicted octanol–water partition coefficient (Wildman–Crippen LogP) is 6.32. The van der Waals surface area contributed by atoms with Crippen LogP contribution in [0.2, 0.25) is 0 Å². The van der Waals surface area contributed by atoms with Gasteiger partial charge in [0.1, 0.15) is 11.5 Å². The van der Waals surface area contributed by atoms with E-state index in [2.05, 4.69) is 26.0 Å². The summed E-state index contributed by atoms with van der Waals surface area (Å²) in [6.45, 7) is 6.20. The molecule has 1 aliphatic heterocycles. The fourth-order valence-corrected chi connectivity index (χ4v) is 5.20. The van der Waals surface area contributed by atoms with Gasteiger partial charge in [-0.05, 0) is 92.5 Å². The minimum absolute atomic E-state index is 0.100. The standard InChI is InChI=1S/C30H37NO5/c1-30(2)20-24(16-19-36-30)27(23-9-13-26(34-4)14-10-23)15-17-31(29(32)28-6-5-18-35-28)21-22-7-11-25(33-3)12-8-22/h5-14,18,24,27H,15-17,19-21H2,1-4H3/t24-,27+/m1/s1. The molecule has 1 aliphatic rings. The molecule has 6 nitrogen and oxygen atoms in total. The van der Waals surface area contributed by atoms with Crippen LogP contribution in [0, 0.1) is 5.92 Å².